The van der Waals surface area contributed by atoms with Crippen LogP contribution < -0.4 is 10.1 Å². The molecule has 0 bridgehead atoms. The molecule has 0 atom stereocenters. The lowest BCUT2D eigenvalue weighted by molar-refractivity contribution is -0.114. The SMILES string of the molecule is COc1c(Cl)c(Cl)c(NC(C)=O)c(Cl)c1Cl. The van der Waals surface area contributed by atoms with Gasteiger partial charge in [-0.1, -0.05) is 46.4 Å². The van der Waals surface area contributed by atoms with E-state index in [1.807, 2.05) is 0 Å². The standard InChI is InChI=1S/C9H7Cl4NO2/c1-3(15)14-8-4(10)6(12)9(16-2)7(13)5(8)11/h1-2H3,(H,14,15). The molecule has 0 fully saturated rings. The van der Waals surface area contributed by atoms with E-state index in [0.717, 1.165) is 0 Å². The Morgan fingerprint density at radius 1 is 1.06 bits per heavy atom. The highest BCUT2D eigenvalue weighted by Crippen LogP contribution is 2.48. The molecule has 0 aromatic heterocycles. The van der Waals surface area contributed by atoms with E-state index in [1.54, 1.807) is 0 Å². The van der Waals surface area contributed by atoms with Gasteiger partial charge in [0.2, 0.25) is 5.91 Å². The minimum atomic E-state index is -0.332. The quantitative estimate of drug-likeness (QED) is 0.829. The minimum Gasteiger partial charge on any atom is -0.494 e. The average Bonchev–Trinajstić information content (AvgIpc) is 2.22. The average molecular weight is 303 g/mol. The number of halogens is 4. The molecule has 88 valence electrons. The number of ether oxygens (including phenoxy) is 1. The molecule has 1 aromatic carbocycles. The van der Waals surface area contributed by atoms with Crippen molar-refractivity contribution in [3.63, 3.8) is 0 Å². The number of amides is 1. The zero-order chi connectivity index (χ0) is 12.5. The normalized spacial score (nSPS) is 10.1. The van der Waals surface area contributed by atoms with E-state index >= 15 is 0 Å². The fraction of sp³-hybridized carbons (Fsp3) is 0.222. The second kappa shape index (κ2) is 5.32. The Morgan fingerprint density at radius 3 is 1.81 bits per heavy atom. The summed E-state index contributed by atoms with van der Waals surface area (Å²) < 4.78 is 4.95. The summed E-state index contributed by atoms with van der Waals surface area (Å²) in [6.45, 7) is 1.32. The van der Waals surface area contributed by atoms with Gasteiger partial charge in [0.1, 0.15) is 10.0 Å². The van der Waals surface area contributed by atoms with Crippen molar-refractivity contribution in [2.45, 2.75) is 6.92 Å². The molecule has 0 spiro atoms. The molecule has 0 unspecified atom stereocenters. The van der Waals surface area contributed by atoms with E-state index in [2.05, 4.69) is 5.32 Å². The summed E-state index contributed by atoms with van der Waals surface area (Å²) in [7, 11) is 1.39. The summed E-state index contributed by atoms with van der Waals surface area (Å²) in [5.74, 6) is -0.159. The molecular weight excluding hydrogens is 296 g/mol. The van der Waals surface area contributed by atoms with E-state index in [0.29, 0.717) is 0 Å². The Bertz CT molecular complexity index is 419. The third kappa shape index (κ3) is 2.48. The molecule has 0 saturated heterocycles. The fourth-order valence-corrected chi connectivity index (χ4v) is 2.16. The summed E-state index contributed by atoms with van der Waals surface area (Å²) in [5.41, 5.74) is 0.173. The Labute approximate surface area is 113 Å². The highest BCUT2D eigenvalue weighted by molar-refractivity contribution is 6.51. The topological polar surface area (TPSA) is 38.3 Å². The molecule has 0 aliphatic carbocycles. The van der Waals surface area contributed by atoms with Gasteiger partial charge in [-0.15, -0.1) is 0 Å². The molecule has 0 heterocycles. The Morgan fingerprint density at radius 2 is 1.50 bits per heavy atom. The van der Waals surface area contributed by atoms with Crippen LogP contribution >= 0.6 is 46.4 Å². The van der Waals surface area contributed by atoms with Crippen LogP contribution in [0.25, 0.3) is 0 Å². The summed E-state index contributed by atoms with van der Waals surface area (Å²) in [5, 5.41) is 2.82. The summed E-state index contributed by atoms with van der Waals surface area (Å²) in [4.78, 5) is 10.9. The maximum atomic E-state index is 10.9. The van der Waals surface area contributed by atoms with Gasteiger partial charge >= 0.3 is 0 Å². The molecule has 1 aromatic rings. The number of carbonyl (C=O) groups excluding carboxylic acids is 1. The lowest BCUT2D eigenvalue weighted by atomic mass is 10.3. The zero-order valence-electron chi connectivity index (χ0n) is 8.33. The van der Waals surface area contributed by atoms with Crippen molar-refractivity contribution in [3.05, 3.63) is 20.1 Å². The number of carbonyl (C=O) groups is 1. The van der Waals surface area contributed by atoms with Gasteiger partial charge < -0.3 is 10.1 Å². The summed E-state index contributed by atoms with van der Waals surface area (Å²) >= 11 is 23.7. The van der Waals surface area contributed by atoms with Gasteiger partial charge in [-0.3, -0.25) is 4.79 Å². The second-order valence-electron chi connectivity index (χ2n) is 2.85. The fourth-order valence-electron chi connectivity index (χ4n) is 1.08. The number of anilines is 1. The molecule has 16 heavy (non-hydrogen) atoms. The molecule has 0 aliphatic heterocycles. The van der Waals surface area contributed by atoms with Crippen LogP contribution in [-0.2, 0) is 4.79 Å². The van der Waals surface area contributed by atoms with Gasteiger partial charge in [-0.25, -0.2) is 0 Å². The number of hydrogen-bond acceptors (Lipinski definition) is 2. The number of nitrogens with one attached hydrogen (secondary N) is 1. The highest BCUT2D eigenvalue weighted by Gasteiger charge is 2.21. The van der Waals surface area contributed by atoms with Crippen LogP contribution in [0.5, 0.6) is 5.75 Å². The Hall–Kier alpha value is -0.350. The van der Waals surface area contributed by atoms with Gasteiger partial charge in [0.15, 0.2) is 5.75 Å². The molecule has 0 aliphatic rings. The van der Waals surface area contributed by atoms with E-state index in [-0.39, 0.29) is 37.4 Å². The number of methoxy groups -OCH3 is 1. The van der Waals surface area contributed by atoms with Gasteiger partial charge in [-0.2, -0.15) is 0 Å². The van der Waals surface area contributed by atoms with Crippen molar-refractivity contribution < 1.29 is 9.53 Å². The lowest BCUT2D eigenvalue weighted by Gasteiger charge is -2.14. The third-order valence-electron chi connectivity index (χ3n) is 1.73. The molecule has 1 rings (SSSR count). The van der Waals surface area contributed by atoms with Crippen molar-refractivity contribution in [1.82, 2.24) is 0 Å². The largest absolute Gasteiger partial charge is 0.494 e. The number of hydrogen-bond donors (Lipinski definition) is 1. The zero-order valence-corrected chi connectivity index (χ0v) is 11.4. The van der Waals surface area contributed by atoms with Gasteiger partial charge in [0.25, 0.3) is 0 Å². The molecule has 0 radical (unpaired) electrons. The maximum Gasteiger partial charge on any atom is 0.221 e. The predicted octanol–water partition coefficient (Wildman–Crippen LogP) is 4.27. The molecule has 1 N–H and O–H groups in total. The molecule has 1 amide bonds. The van der Waals surface area contributed by atoms with Crippen molar-refractivity contribution in [1.29, 1.82) is 0 Å². The lowest BCUT2D eigenvalue weighted by Crippen LogP contribution is -2.07. The molecule has 0 saturated carbocycles. The van der Waals surface area contributed by atoms with Crippen molar-refractivity contribution >= 4 is 58.0 Å². The first kappa shape index (κ1) is 13.7. The Balaban J connectivity index is 3.47. The number of benzene rings is 1. The summed E-state index contributed by atoms with van der Waals surface area (Å²) in [6.07, 6.45) is 0. The van der Waals surface area contributed by atoms with Crippen LogP contribution in [0.2, 0.25) is 20.1 Å². The smallest absolute Gasteiger partial charge is 0.221 e. The first-order chi connectivity index (χ1) is 7.40. The van der Waals surface area contributed by atoms with Gasteiger partial charge in [0, 0.05) is 6.92 Å². The van der Waals surface area contributed by atoms with Crippen LogP contribution in [-0.4, -0.2) is 13.0 Å². The molecule has 7 heteroatoms. The van der Waals surface area contributed by atoms with Gasteiger partial charge in [0.05, 0.1) is 22.8 Å². The first-order valence-corrected chi connectivity index (χ1v) is 5.58. The third-order valence-corrected chi connectivity index (χ3v) is 3.40. The van der Waals surface area contributed by atoms with E-state index in [9.17, 15) is 4.79 Å². The van der Waals surface area contributed by atoms with Gasteiger partial charge in [-0.05, 0) is 0 Å². The van der Waals surface area contributed by atoms with E-state index < -0.39 is 0 Å². The van der Waals surface area contributed by atoms with Crippen molar-refractivity contribution in [2.24, 2.45) is 0 Å². The number of rotatable bonds is 2. The highest BCUT2D eigenvalue weighted by atomic mass is 35.5. The second-order valence-corrected chi connectivity index (χ2v) is 4.36. The molecular formula is C9H7Cl4NO2. The van der Waals surface area contributed by atoms with Crippen molar-refractivity contribution in [2.75, 3.05) is 12.4 Å². The van der Waals surface area contributed by atoms with Crippen LogP contribution in [0.1, 0.15) is 6.92 Å². The van der Waals surface area contributed by atoms with E-state index in [1.165, 1.54) is 14.0 Å². The minimum absolute atomic E-state index is 0.0862. The van der Waals surface area contributed by atoms with E-state index in [4.69, 9.17) is 51.1 Å². The van der Waals surface area contributed by atoms with Crippen LogP contribution in [0.15, 0.2) is 0 Å². The predicted molar refractivity (Wildman–Crippen MR) is 67.3 cm³/mol. The summed E-state index contributed by atoms with van der Waals surface area (Å²) in [6, 6.07) is 0. The van der Waals surface area contributed by atoms with Crippen LogP contribution in [0.4, 0.5) is 5.69 Å². The molecule has 3 nitrogen and oxygen atoms in total. The van der Waals surface area contributed by atoms with Crippen molar-refractivity contribution in [3.8, 4) is 5.75 Å². The monoisotopic (exact) mass is 301 g/mol. The van der Waals surface area contributed by atoms with Crippen LogP contribution in [0.3, 0.4) is 0 Å². The first-order valence-electron chi connectivity index (χ1n) is 4.07. The van der Waals surface area contributed by atoms with Crippen LogP contribution in [0, 0.1) is 0 Å². The Kier molecular flexibility index (Phi) is 4.56. The maximum absolute atomic E-state index is 10.9.